The second kappa shape index (κ2) is 7.20. The number of hydrogen-bond acceptors (Lipinski definition) is 3. The molecule has 4 nitrogen and oxygen atoms in total. The first-order valence-corrected chi connectivity index (χ1v) is 8.99. The van der Waals surface area contributed by atoms with Crippen LogP contribution in [0.4, 0.5) is 0 Å². The van der Waals surface area contributed by atoms with E-state index in [1.54, 1.807) is 4.31 Å². The Morgan fingerprint density at radius 3 is 2.35 bits per heavy atom. The van der Waals surface area contributed by atoms with Crippen molar-refractivity contribution >= 4 is 10.0 Å². The Morgan fingerprint density at radius 2 is 1.75 bits per heavy atom. The van der Waals surface area contributed by atoms with Crippen molar-refractivity contribution < 1.29 is 8.42 Å². The summed E-state index contributed by atoms with van der Waals surface area (Å²) in [7, 11) is -3.11. The molecule has 0 aromatic heterocycles. The van der Waals surface area contributed by atoms with E-state index in [2.05, 4.69) is 12.2 Å². The molecule has 1 N–H and O–H groups in total. The molecule has 112 valence electrons. The van der Waals surface area contributed by atoms with Crippen LogP contribution in [0, 0.1) is 0 Å². The Hall–Kier alpha value is -0.910. The van der Waals surface area contributed by atoms with Crippen LogP contribution in [0.3, 0.4) is 0 Å². The molecule has 0 radical (unpaired) electrons. The van der Waals surface area contributed by atoms with E-state index in [0.717, 1.165) is 43.5 Å². The zero-order chi connectivity index (χ0) is 14.4. The van der Waals surface area contributed by atoms with Gasteiger partial charge in [0.25, 0.3) is 0 Å². The van der Waals surface area contributed by atoms with E-state index < -0.39 is 10.0 Å². The minimum Gasteiger partial charge on any atom is -0.317 e. The molecule has 1 aromatic carbocycles. The molecule has 0 saturated heterocycles. The molecule has 0 unspecified atom stereocenters. The number of unbranched alkanes of at least 4 members (excludes halogenated alkanes) is 1. The molecule has 2 rings (SSSR count). The van der Waals surface area contributed by atoms with E-state index >= 15 is 0 Å². The van der Waals surface area contributed by atoms with Gasteiger partial charge < -0.3 is 5.32 Å². The first-order chi connectivity index (χ1) is 9.63. The number of fused-ring (bicyclic) bond motifs is 1. The van der Waals surface area contributed by atoms with Crippen molar-refractivity contribution in [2.75, 3.05) is 18.8 Å². The Labute approximate surface area is 122 Å². The molecule has 5 heteroatoms. The van der Waals surface area contributed by atoms with E-state index in [-0.39, 0.29) is 5.75 Å². The first-order valence-electron chi connectivity index (χ1n) is 7.39. The van der Waals surface area contributed by atoms with Gasteiger partial charge in [-0.2, -0.15) is 4.31 Å². The Bertz CT molecular complexity index is 503. The first kappa shape index (κ1) is 15.5. The molecule has 0 bridgehead atoms. The maximum atomic E-state index is 12.3. The monoisotopic (exact) mass is 296 g/mol. The number of benzene rings is 1. The summed E-state index contributed by atoms with van der Waals surface area (Å²) in [5, 5.41) is 3.30. The Balaban J connectivity index is 1.78. The fraction of sp³-hybridized carbons (Fsp3) is 0.600. The van der Waals surface area contributed by atoms with Crippen LogP contribution < -0.4 is 5.32 Å². The van der Waals surface area contributed by atoms with Gasteiger partial charge in [-0.05, 0) is 43.5 Å². The van der Waals surface area contributed by atoms with Gasteiger partial charge >= 0.3 is 0 Å². The molecule has 0 fully saturated rings. The molecule has 0 amide bonds. The smallest absolute Gasteiger partial charge is 0.214 e. The second-order valence-corrected chi connectivity index (χ2v) is 7.40. The van der Waals surface area contributed by atoms with Crippen LogP contribution in [-0.2, 0) is 23.1 Å². The van der Waals surface area contributed by atoms with Crippen molar-refractivity contribution in [3.63, 3.8) is 0 Å². The maximum Gasteiger partial charge on any atom is 0.214 e. The summed E-state index contributed by atoms with van der Waals surface area (Å²) in [4.78, 5) is 0. The largest absolute Gasteiger partial charge is 0.317 e. The van der Waals surface area contributed by atoms with Crippen LogP contribution in [0.1, 0.15) is 37.3 Å². The van der Waals surface area contributed by atoms with Gasteiger partial charge in [-0.1, -0.05) is 31.2 Å². The van der Waals surface area contributed by atoms with Crippen LogP contribution in [0.5, 0.6) is 0 Å². The van der Waals surface area contributed by atoms with Crippen molar-refractivity contribution in [1.29, 1.82) is 0 Å². The highest BCUT2D eigenvalue weighted by Crippen LogP contribution is 2.25. The van der Waals surface area contributed by atoms with E-state index in [1.807, 2.05) is 24.3 Å². The highest BCUT2D eigenvalue weighted by atomic mass is 32.2. The van der Waals surface area contributed by atoms with Gasteiger partial charge in [0.15, 0.2) is 0 Å². The molecule has 1 heterocycles. The molecule has 1 aliphatic rings. The molecule has 0 spiro atoms. The molecule has 0 atom stereocenters. The average Bonchev–Trinajstić information content (AvgIpc) is 2.87. The van der Waals surface area contributed by atoms with E-state index in [4.69, 9.17) is 0 Å². The third kappa shape index (κ3) is 4.04. The second-order valence-electron chi connectivity index (χ2n) is 5.31. The van der Waals surface area contributed by atoms with Crippen molar-refractivity contribution in [1.82, 2.24) is 9.62 Å². The Kier molecular flexibility index (Phi) is 5.57. The van der Waals surface area contributed by atoms with Crippen LogP contribution in [-0.4, -0.2) is 31.6 Å². The number of nitrogens with one attached hydrogen (secondary N) is 1. The van der Waals surface area contributed by atoms with Gasteiger partial charge in [-0.3, -0.25) is 0 Å². The van der Waals surface area contributed by atoms with Crippen molar-refractivity contribution in [3.8, 4) is 0 Å². The topological polar surface area (TPSA) is 49.4 Å². The molecular formula is C15H24N2O2S. The fourth-order valence-electron chi connectivity index (χ4n) is 2.46. The van der Waals surface area contributed by atoms with Crippen LogP contribution in [0.2, 0.25) is 0 Å². The van der Waals surface area contributed by atoms with Gasteiger partial charge in [-0.15, -0.1) is 0 Å². The average molecular weight is 296 g/mol. The van der Waals surface area contributed by atoms with Crippen LogP contribution >= 0.6 is 0 Å². The van der Waals surface area contributed by atoms with Gasteiger partial charge in [0, 0.05) is 13.1 Å². The predicted octanol–water partition coefficient (Wildman–Crippen LogP) is 2.11. The van der Waals surface area contributed by atoms with Crippen molar-refractivity contribution in [3.05, 3.63) is 35.4 Å². The standard InChI is InChI=1S/C15H24N2O2S/c1-2-9-16-10-5-6-11-20(18,19)17-12-14-7-3-4-8-15(14)13-17/h3-4,7-8,16H,2,5-6,9-13H2,1H3. The van der Waals surface area contributed by atoms with Crippen LogP contribution in [0.15, 0.2) is 24.3 Å². The normalized spacial score (nSPS) is 15.4. The zero-order valence-corrected chi connectivity index (χ0v) is 13.0. The zero-order valence-electron chi connectivity index (χ0n) is 12.1. The molecule has 0 aliphatic carbocycles. The third-order valence-corrected chi connectivity index (χ3v) is 5.49. The quantitative estimate of drug-likeness (QED) is 0.748. The van der Waals surface area contributed by atoms with E-state index in [0.29, 0.717) is 13.1 Å². The summed E-state index contributed by atoms with van der Waals surface area (Å²) < 4.78 is 26.2. The minimum atomic E-state index is -3.11. The summed E-state index contributed by atoms with van der Waals surface area (Å²) in [6, 6.07) is 7.96. The number of rotatable bonds is 8. The Morgan fingerprint density at radius 1 is 1.10 bits per heavy atom. The summed E-state index contributed by atoms with van der Waals surface area (Å²) in [6.07, 6.45) is 2.76. The van der Waals surface area contributed by atoms with Crippen molar-refractivity contribution in [2.45, 2.75) is 39.3 Å². The number of sulfonamides is 1. The summed E-state index contributed by atoms with van der Waals surface area (Å²) in [6.45, 7) is 5.11. The molecule has 1 aromatic rings. The number of hydrogen-bond donors (Lipinski definition) is 1. The van der Waals surface area contributed by atoms with Crippen molar-refractivity contribution in [2.24, 2.45) is 0 Å². The van der Waals surface area contributed by atoms with Gasteiger partial charge in [0.2, 0.25) is 10.0 Å². The highest BCUT2D eigenvalue weighted by molar-refractivity contribution is 7.89. The highest BCUT2D eigenvalue weighted by Gasteiger charge is 2.28. The van der Waals surface area contributed by atoms with E-state index in [9.17, 15) is 8.42 Å². The molecule has 1 aliphatic heterocycles. The van der Waals surface area contributed by atoms with Gasteiger partial charge in [0.1, 0.15) is 0 Å². The van der Waals surface area contributed by atoms with Gasteiger partial charge in [0.05, 0.1) is 5.75 Å². The van der Waals surface area contributed by atoms with Crippen LogP contribution in [0.25, 0.3) is 0 Å². The molecule has 20 heavy (non-hydrogen) atoms. The minimum absolute atomic E-state index is 0.259. The number of nitrogens with zero attached hydrogens (tertiary/aromatic N) is 1. The lowest BCUT2D eigenvalue weighted by atomic mass is 10.1. The fourth-order valence-corrected chi connectivity index (χ4v) is 3.96. The SMILES string of the molecule is CCCNCCCCS(=O)(=O)N1Cc2ccccc2C1. The third-order valence-electron chi connectivity index (χ3n) is 3.64. The predicted molar refractivity (Wildman–Crippen MR) is 81.9 cm³/mol. The van der Waals surface area contributed by atoms with E-state index in [1.165, 1.54) is 0 Å². The summed E-state index contributed by atoms with van der Waals surface area (Å²) in [5.41, 5.74) is 2.28. The lowest BCUT2D eigenvalue weighted by molar-refractivity contribution is 0.430. The summed E-state index contributed by atoms with van der Waals surface area (Å²) in [5.74, 6) is 0.259. The van der Waals surface area contributed by atoms with Gasteiger partial charge in [-0.25, -0.2) is 8.42 Å². The summed E-state index contributed by atoms with van der Waals surface area (Å²) >= 11 is 0. The molecule has 0 saturated carbocycles. The molecular weight excluding hydrogens is 272 g/mol. The lowest BCUT2D eigenvalue weighted by Crippen LogP contribution is -2.28. The lowest BCUT2D eigenvalue weighted by Gasteiger charge is -2.15. The maximum absolute atomic E-state index is 12.3.